The van der Waals surface area contributed by atoms with Gasteiger partial charge < -0.3 is 26.6 Å². The van der Waals surface area contributed by atoms with Crippen LogP contribution in [0.15, 0.2) is 0 Å². The van der Waals surface area contributed by atoms with Crippen molar-refractivity contribution in [1.82, 2.24) is 19.6 Å². The largest absolute Gasteiger partial charge is 0.500 e. The molecule has 0 saturated carbocycles. The molecule has 13 heteroatoms. The molecule has 0 spiro atoms. The molecule has 0 amide bonds. The Morgan fingerprint density at radius 2 is 0.660 bits per heavy atom. The highest BCUT2D eigenvalue weighted by atomic mass is 32.2. The lowest BCUT2D eigenvalue weighted by Crippen LogP contribution is -2.64. The Hall–Kier alpha value is 0.384. The third-order valence-electron chi connectivity index (χ3n) is 10.4. The molecule has 0 fully saturated rings. The maximum absolute atomic E-state index is 5.89. The predicted molar refractivity (Wildman–Crippen MR) is 205 cm³/mol. The summed E-state index contributed by atoms with van der Waals surface area (Å²) in [7, 11) is 4.89. The fourth-order valence-corrected chi connectivity index (χ4v) is 13.5. The van der Waals surface area contributed by atoms with Gasteiger partial charge in [-0.15, -0.1) is 11.8 Å². The minimum Gasteiger partial charge on any atom is -0.377 e. The standard InChI is InChI=1S/C34H78N4O6SSi2/c1-17-35(18-2)31(36(19-3)20-4)33(9,27-25-29-46(39-11,40-12)41-13)45-34(10,28-26-30-47(42-14,43-15)44-16)32(37(21-5)22-6)38(23-7)24-8/h31-32H,17-30H2,1-16H3. The highest BCUT2D eigenvalue weighted by molar-refractivity contribution is 8.02. The van der Waals surface area contributed by atoms with E-state index < -0.39 is 17.6 Å². The third kappa shape index (κ3) is 12.8. The lowest BCUT2D eigenvalue weighted by molar-refractivity contribution is 0.0169. The van der Waals surface area contributed by atoms with Gasteiger partial charge in [-0.1, -0.05) is 55.4 Å². The highest BCUT2D eigenvalue weighted by Gasteiger charge is 2.51. The molecule has 47 heavy (non-hydrogen) atoms. The Morgan fingerprint density at radius 1 is 0.447 bits per heavy atom. The van der Waals surface area contributed by atoms with Crippen LogP contribution in [0, 0.1) is 0 Å². The number of nitrogens with zero attached hydrogens (tertiary/aromatic N) is 4. The molecule has 10 nitrogen and oxygen atoms in total. The maximum Gasteiger partial charge on any atom is 0.500 e. The molecule has 0 aromatic heterocycles. The summed E-state index contributed by atoms with van der Waals surface area (Å²) >= 11 is 2.21. The van der Waals surface area contributed by atoms with Gasteiger partial charge in [0.15, 0.2) is 0 Å². The molecule has 0 aliphatic heterocycles. The summed E-state index contributed by atoms with van der Waals surface area (Å²) in [6, 6.07) is 1.57. The molecule has 0 bridgehead atoms. The van der Waals surface area contributed by atoms with E-state index in [1.807, 2.05) is 0 Å². The van der Waals surface area contributed by atoms with E-state index in [1.54, 1.807) is 42.7 Å². The van der Waals surface area contributed by atoms with Gasteiger partial charge in [0.2, 0.25) is 0 Å². The molecule has 0 heterocycles. The number of hydrogen-bond donors (Lipinski definition) is 0. The van der Waals surface area contributed by atoms with Crippen molar-refractivity contribution >= 4 is 29.4 Å². The Balaban J connectivity index is 7.45. The summed E-state index contributed by atoms with van der Waals surface area (Å²) in [5.41, 5.74) is 0. The van der Waals surface area contributed by atoms with Crippen LogP contribution in [0.4, 0.5) is 0 Å². The summed E-state index contributed by atoms with van der Waals surface area (Å²) in [6.07, 6.45) is 4.42. The normalized spacial score (nSPS) is 16.0. The second-order valence-electron chi connectivity index (χ2n) is 12.7. The molecular formula is C34H78N4O6SSi2. The molecule has 2 atom stereocenters. The number of hydrogen-bond acceptors (Lipinski definition) is 11. The van der Waals surface area contributed by atoms with Crippen LogP contribution in [0.25, 0.3) is 0 Å². The Labute approximate surface area is 298 Å². The van der Waals surface area contributed by atoms with Crippen LogP contribution in [0.5, 0.6) is 0 Å². The second kappa shape index (κ2) is 23.8. The molecule has 0 aromatic rings. The van der Waals surface area contributed by atoms with Crippen molar-refractivity contribution in [3.8, 4) is 0 Å². The van der Waals surface area contributed by atoms with Gasteiger partial charge in [0.1, 0.15) is 0 Å². The monoisotopic (exact) mass is 727 g/mol. The summed E-state index contributed by atoms with van der Waals surface area (Å²) in [5, 5.41) is 0. The molecule has 0 aliphatic carbocycles. The van der Waals surface area contributed by atoms with Crippen molar-refractivity contribution in [3.63, 3.8) is 0 Å². The van der Waals surface area contributed by atoms with Crippen molar-refractivity contribution in [2.75, 3.05) is 95.0 Å². The molecule has 0 aromatic carbocycles. The van der Waals surface area contributed by atoms with Gasteiger partial charge in [0, 0.05) is 64.2 Å². The Bertz CT molecular complexity index is 685. The van der Waals surface area contributed by atoms with Crippen LogP contribution in [0.3, 0.4) is 0 Å². The van der Waals surface area contributed by atoms with Gasteiger partial charge in [-0.25, -0.2) is 0 Å². The van der Waals surface area contributed by atoms with Crippen LogP contribution in [0.2, 0.25) is 12.1 Å². The quantitative estimate of drug-likeness (QED) is 0.0597. The molecule has 0 rings (SSSR count). The SMILES string of the molecule is CCN(CC)C(N(CC)CC)C(C)(CCC[Si](OC)(OC)OC)SC(C)(CCC[Si](OC)(OC)OC)C(N(CC)CC)N(CC)CC. The van der Waals surface area contributed by atoms with Crippen molar-refractivity contribution in [1.29, 1.82) is 0 Å². The van der Waals surface area contributed by atoms with Gasteiger partial charge in [-0.3, -0.25) is 19.6 Å². The number of thioether (sulfide) groups is 1. The summed E-state index contributed by atoms with van der Waals surface area (Å²) in [5.74, 6) is 0. The molecular weight excluding hydrogens is 649 g/mol. The molecule has 0 N–H and O–H groups in total. The van der Waals surface area contributed by atoms with E-state index in [4.69, 9.17) is 26.6 Å². The third-order valence-corrected chi connectivity index (χ3v) is 17.8. The van der Waals surface area contributed by atoms with E-state index in [0.717, 1.165) is 90.1 Å². The first-order valence-corrected chi connectivity index (χ1v) is 23.0. The van der Waals surface area contributed by atoms with Crippen molar-refractivity contribution < 1.29 is 26.6 Å². The summed E-state index contributed by atoms with van der Waals surface area (Å²) in [6.45, 7) is 31.5. The Kier molecular flexibility index (Phi) is 24.0. The van der Waals surface area contributed by atoms with Crippen molar-refractivity contribution in [2.24, 2.45) is 0 Å². The van der Waals surface area contributed by atoms with Gasteiger partial charge >= 0.3 is 17.6 Å². The van der Waals surface area contributed by atoms with Crippen LogP contribution in [-0.4, -0.2) is 154 Å². The first-order chi connectivity index (χ1) is 22.3. The minimum atomic E-state index is -2.72. The summed E-state index contributed by atoms with van der Waals surface area (Å²) < 4.78 is 35.1. The smallest absolute Gasteiger partial charge is 0.377 e. The highest BCUT2D eigenvalue weighted by Crippen LogP contribution is 2.50. The van der Waals surface area contributed by atoms with E-state index in [1.165, 1.54) is 0 Å². The fourth-order valence-electron chi connectivity index (χ4n) is 7.71. The first-order valence-electron chi connectivity index (χ1n) is 18.3. The molecule has 284 valence electrons. The zero-order valence-corrected chi connectivity index (χ0v) is 36.5. The fraction of sp³-hybridized carbons (Fsp3) is 1.00. The lowest BCUT2D eigenvalue weighted by Gasteiger charge is -2.56. The average molecular weight is 727 g/mol. The van der Waals surface area contributed by atoms with Gasteiger partial charge in [0.25, 0.3) is 0 Å². The number of rotatable bonds is 30. The minimum absolute atomic E-state index is 0.126. The molecule has 0 saturated heterocycles. The molecule has 0 radical (unpaired) electrons. The van der Waals surface area contributed by atoms with E-state index in [0.29, 0.717) is 0 Å². The van der Waals surface area contributed by atoms with E-state index in [-0.39, 0.29) is 21.8 Å². The topological polar surface area (TPSA) is 68.3 Å². The second-order valence-corrected chi connectivity index (χ2v) is 20.9. The zero-order valence-electron chi connectivity index (χ0n) is 33.7. The van der Waals surface area contributed by atoms with Crippen molar-refractivity contribution in [2.45, 2.75) is 129 Å². The van der Waals surface area contributed by atoms with Gasteiger partial charge in [0.05, 0.1) is 12.3 Å². The van der Waals surface area contributed by atoms with Crippen molar-refractivity contribution in [3.05, 3.63) is 0 Å². The van der Waals surface area contributed by atoms with E-state index in [2.05, 4.69) is 101 Å². The average Bonchev–Trinajstić information content (AvgIpc) is 3.09. The van der Waals surface area contributed by atoms with Crippen LogP contribution in [0.1, 0.15) is 94.9 Å². The first kappa shape index (κ1) is 47.4. The summed E-state index contributed by atoms with van der Waals surface area (Å²) in [4.78, 5) is 10.7. The Morgan fingerprint density at radius 3 is 0.830 bits per heavy atom. The van der Waals surface area contributed by atoms with Gasteiger partial charge in [-0.2, -0.15) is 0 Å². The van der Waals surface area contributed by atoms with Crippen LogP contribution >= 0.6 is 11.8 Å². The van der Waals surface area contributed by atoms with E-state index in [9.17, 15) is 0 Å². The molecule has 0 aliphatic rings. The molecule has 2 unspecified atom stereocenters. The lowest BCUT2D eigenvalue weighted by atomic mass is 9.96. The predicted octanol–water partition coefficient (Wildman–Crippen LogP) is 6.57. The van der Waals surface area contributed by atoms with Crippen LogP contribution < -0.4 is 0 Å². The van der Waals surface area contributed by atoms with Crippen LogP contribution in [-0.2, 0) is 26.6 Å². The van der Waals surface area contributed by atoms with Gasteiger partial charge in [-0.05, 0) is 91.9 Å². The zero-order chi connectivity index (χ0) is 36.3. The maximum atomic E-state index is 5.89. The van der Waals surface area contributed by atoms with E-state index >= 15 is 0 Å².